The van der Waals surface area contributed by atoms with E-state index < -0.39 is 12.8 Å². The smallest absolute Gasteiger partial charge is 0.422 e. The maximum Gasteiger partial charge on any atom is 0.422 e. The van der Waals surface area contributed by atoms with Crippen LogP contribution in [0, 0.1) is 5.92 Å². The third kappa shape index (κ3) is 11.4. The molecule has 0 atom stereocenters. The van der Waals surface area contributed by atoms with E-state index in [1.54, 1.807) is 12.1 Å². The number of allylic oxidation sites excluding steroid dienone is 3. The van der Waals surface area contributed by atoms with Crippen molar-refractivity contribution in [3.8, 4) is 0 Å². The first-order valence-electron chi connectivity index (χ1n) is 12.3. The first kappa shape index (κ1) is 30.8. The molecule has 0 bridgehead atoms. The monoisotopic (exact) mass is 502 g/mol. The minimum absolute atomic E-state index is 0.147. The molecule has 0 aromatic heterocycles. The van der Waals surface area contributed by atoms with E-state index in [1.165, 1.54) is 0 Å². The second kappa shape index (κ2) is 15.0. The van der Waals surface area contributed by atoms with Gasteiger partial charge in [0, 0.05) is 52.6 Å². The molecule has 0 amide bonds. The highest BCUT2D eigenvalue weighted by Gasteiger charge is 2.30. The fourth-order valence-electron chi connectivity index (χ4n) is 3.91. The lowest BCUT2D eigenvalue weighted by molar-refractivity contribution is -0.164. The molecule has 0 unspecified atom stereocenters. The van der Waals surface area contributed by atoms with Gasteiger partial charge in [0.2, 0.25) is 0 Å². The molecule has 1 rings (SSSR count). The van der Waals surface area contributed by atoms with Crippen LogP contribution < -0.4 is 10.7 Å². The maximum atomic E-state index is 13.1. The number of aliphatic imine (C=N–C) groups is 1. The van der Waals surface area contributed by atoms with E-state index in [-0.39, 0.29) is 11.7 Å². The number of hydrogen-bond donors (Lipinski definition) is 2. The molecule has 0 saturated carbocycles. The summed E-state index contributed by atoms with van der Waals surface area (Å²) >= 11 is 0. The number of hydrazine groups is 1. The Labute approximate surface area is 209 Å². The molecular formula is C25H45F3N6O. The van der Waals surface area contributed by atoms with Crippen molar-refractivity contribution in [1.29, 1.82) is 0 Å². The number of rotatable bonds is 13. The fourth-order valence-corrected chi connectivity index (χ4v) is 3.91. The van der Waals surface area contributed by atoms with Gasteiger partial charge in [-0.1, -0.05) is 13.5 Å². The van der Waals surface area contributed by atoms with E-state index in [2.05, 4.69) is 34.2 Å². The Morgan fingerprint density at radius 2 is 1.80 bits per heavy atom. The topological polar surface area (TPSA) is 55.4 Å². The maximum absolute atomic E-state index is 13.1. The summed E-state index contributed by atoms with van der Waals surface area (Å²) in [6.45, 7) is 9.37. The quantitative estimate of drug-likeness (QED) is 0.128. The molecule has 0 aliphatic carbocycles. The lowest BCUT2D eigenvalue weighted by Crippen LogP contribution is -2.40. The highest BCUT2D eigenvalue weighted by Crippen LogP contribution is 2.28. The van der Waals surface area contributed by atoms with Gasteiger partial charge in [0.05, 0.1) is 5.70 Å². The lowest BCUT2D eigenvalue weighted by atomic mass is 9.95. The molecule has 1 aliphatic rings. The normalized spacial score (nSPS) is 17.3. The molecule has 2 N–H and O–H groups in total. The number of halogens is 3. The third-order valence-corrected chi connectivity index (χ3v) is 5.88. The van der Waals surface area contributed by atoms with Crippen molar-refractivity contribution in [1.82, 2.24) is 25.6 Å². The van der Waals surface area contributed by atoms with Crippen LogP contribution in [0.4, 0.5) is 13.2 Å². The van der Waals surface area contributed by atoms with Gasteiger partial charge in [0.1, 0.15) is 11.6 Å². The predicted molar refractivity (Wildman–Crippen MR) is 138 cm³/mol. The number of nitrogens with one attached hydrogen (secondary N) is 2. The molecule has 0 aromatic carbocycles. The van der Waals surface area contributed by atoms with Gasteiger partial charge < -0.3 is 25.3 Å². The molecule has 35 heavy (non-hydrogen) atoms. The fraction of sp³-hybridized carbons (Fsp3) is 0.720. The highest BCUT2D eigenvalue weighted by atomic mass is 19.4. The first-order valence-corrected chi connectivity index (χ1v) is 12.3. The minimum atomic E-state index is -4.45. The molecule has 1 heterocycles. The molecule has 202 valence electrons. The summed E-state index contributed by atoms with van der Waals surface area (Å²) in [6.07, 6.45) is 0.710. The minimum Gasteiger partial charge on any atom is -0.482 e. The van der Waals surface area contributed by atoms with Gasteiger partial charge in [0.25, 0.3) is 0 Å². The van der Waals surface area contributed by atoms with E-state index in [4.69, 9.17) is 9.73 Å². The number of hydrogen-bond acceptors (Lipinski definition) is 6. The number of alkyl halides is 3. The second-order valence-electron chi connectivity index (χ2n) is 9.16. The number of amidine groups is 1. The van der Waals surface area contributed by atoms with Crippen molar-refractivity contribution in [2.45, 2.75) is 52.1 Å². The van der Waals surface area contributed by atoms with E-state index in [9.17, 15) is 13.2 Å². The second-order valence-corrected chi connectivity index (χ2v) is 9.16. The Balaban J connectivity index is 3.34. The van der Waals surface area contributed by atoms with Crippen molar-refractivity contribution in [2.75, 3.05) is 61.5 Å². The first-order chi connectivity index (χ1) is 16.4. The summed E-state index contributed by atoms with van der Waals surface area (Å²) in [7, 11) is 9.62. The Bertz CT molecular complexity index is 753. The van der Waals surface area contributed by atoms with Crippen molar-refractivity contribution in [3.63, 3.8) is 0 Å². The van der Waals surface area contributed by atoms with E-state index >= 15 is 0 Å². The highest BCUT2D eigenvalue weighted by molar-refractivity contribution is 5.85. The van der Waals surface area contributed by atoms with Crippen LogP contribution in [-0.2, 0) is 4.74 Å². The van der Waals surface area contributed by atoms with Crippen molar-refractivity contribution >= 4 is 5.84 Å². The molecule has 1 fully saturated rings. The predicted octanol–water partition coefficient (Wildman–Crippen LogP) is 4.34. The van der Waals surface area contributed by atoms with Crippen LogP contribution in [0.2, 0.25) is 0 Å². The molecule has 7 nitrogen and oxygen atoms in total. The molecule has 0 radical (unpaired) electrons. The molecule has 10 heteroatoms. The molecular weight excluding hydrogens is 457 g/mol. The van der Waals surface area contributed by atoms with Crippen LogP contribution in [-0.4, -0.2) is 88.3 Å². The number of nitrogens with zero attached hydrogens (tertiary/aromatic N) is 4. The van der Waals surface area contributed by atoms with Crippen LogP contribution in [0.15, 0.2) is 40.5 Å². The lowest BCUT2D eigenvalue weighted by Gasteiger charge is -2.33. The zero-order chi connectivity index (χ0) is 26.6. The van der Waals surface area contributed by atoms with Crippen molar-refractivity contribution in [3.05, 3.63) is 35.5 Å². The average Bonchev–Trinajstić information content (AvgIpc) is 2.78. The Morgan fingerprint density at radius 1 is 1.17 bits per heavy atom. The standard InChI is InChI=1S/C25H45F3N6O/c1-9-22(30-24(34(8)10-2)20-13-15-33(7)16-14-20)23(35-18-25(26,27)28)19(3)11-12-21(17-29-4)31-32(5)6/h17,20,29,31H,3,9-16,18H2,1-2,4-8H3/b21-17+,23-22-,30-24?. The molecule has 0 spiro atoms. The number of likely N-dealkylation sites (tertiary alicyclic amines) is 1. The Kier molecular flexibility index (Phi) is 13.2. The summed E-state index contributed by atoms with van der Waals surface area (Å²) in [5.41, 5.74) is 5.08. The van der Waals surface area contributed by atoms with Gasteiger partial charge in [-0.2, -0.15) is 13.2 Å². The summed E-state index contributed by atoms with van der Waals surface area (Å²) in [6, 6.07) is 0. The largest absolute Gasteiger partial charge is 0.482 e. The average molecular weight is 503 g/mol. The Hall–Kier alpha value is -2.20. The molecule has 1 saturated heterocycles. The van der Waals surface area contributed by atoms with E-state index in [1.807, 2.05) is 41.2 Å². The summed E-state index contributed by atoms with van der Waals surface area (Å²) < 4.78 is 44.7. The van der Waals surface area contributed by atoms with E-state index in [0.717, 1.165) is 44.0 Å². The molecule has 1 aliphatic heterocycles. The van der Waals surface area contributed by atoms with Gasteiger partial charge in [0.15, 0.2) is 6.61 Å². The summed E-state index contributed by atoms with van der Waals surface area (Å²) in [5, 5.41) is 4.79. The van der Waals surface area contributed by atoms with Crippen LogP contribution in [0.1, 0.15) is 46.0 Å². The van der Waals surface area contributed by atoms with Crippen LogP contribution >= 0.6 is 0 Å². The van der Waals surface area contributed by atoms with Gasteiger partial charge >= 0.3 is 6.18 Å². The summed E-state index contributed by atoms with van der Waals surface area (Å²) in [5.74, 6) is 1.31. The summed E-state index contributed by atoms with van der Waals surface area (Å²) in [4.78, 5) is 9.32. The Morgan fingerprint density at radius 3 is 2.29 bits per heavy atom. The van der Waals surface area contributed by atoms with Crippen molar-refractivity contribution < 1.29 is 17.9 Å². The molecule has 0 aromatic rings. The third-order valence-electron chi connectivity index (χ3n) is 5.88. The number of piperidine rings is 1. The van der Waals surface area contributed by atoms with Crippen LogP contribution in [0.5, 0.6) is 0 Å². The SMILES string of the molecule is C=C(CC/C(=C\NC)NN(C)C)/C(OCC(F)(F)F)=C(\CC)N=C(C1CCN(C)CC1)N(C)CC. The zero-order valence-corrected chi connectivity index (χ0v) is 22.6. The van der Waals surface area contributed by atoms with Gasteiger partial charge in [-0.05, 0) is 64.7 Å². The van der Waals surface area contributed by atoms with Gasteiger partial charge in [-0.3, -0.25) is 0 Å². The van der Waals surface area contributed by atoms with Crippen LogP contribution in [0.25, 0.3) is 0 Å². The zero-order valence-electron chi connectivity index (χ0n) is 22.6. The van der Waals surface area contributed by atoms with Gasteiger partial charge in [-0.15, -0.1) is 0 Å². The van der Waals surface area contributed by atoms with E-state index in [0.29, 0.717) is 30.5 Å². The van der Waals surface area contributed by atoms with Gasteiger partial charge in [-0.25, -0.2) is 10.0 Å². The van der Waals surface area contributed by atoms with Crippen LogP contribution in [0.3, 0.4) is 0 Å². The number of ether oxygens (including phenoxy) is 1. The van der Waals surface area contributed by atoms with Crippen molar-refractivity contribution in [2.24, 2.45) is 10.9 Å².